The van der Waals surface area contributed by atoms with Crippen molar-refractivity contribution < 1.29 is 48.3 Å². The zero-order valence-electron chi connectivity index (χ0n) is 22.6. The average Bonchev–Trinajstić information content (AvgIpc) is 2.88. The molecule has 0 spiro atoms. The van der Waals surface area contributed by atoms with Gasteiger partial charge in [-0.25, -0.2) is 0 Å². The summed E-state index contributed by atoms with van der Waals surface area (Å²) in [5.41, 5.74) is 5.41. The quantitative estimate of drug-likeness (QED) is 0.0844. The van der Waals surface area contributed by atoms with E-state index < -0.39 is 24.0 Å². The minimum absolute atomic E-state index is 0. The Morgan fingerprint density at radius 2 is 1.28 bits per heavy atom. The molecule has 0 aromatic carbocycles. The van der Waals surface area contributed by atoms with E-state index in [2.05, 4.69) is 10.6 Å². The van der Waals surface area contributed by atoms with Gasteiger partial charge in [0.05, 0.1) is 46.2 Å². The number of carboxylic acid groups (broad SMARTS) is 2. The number of ether oxygens (including phenoxy) is 4. The van der Waals surface area contributed by atoms with Crippen molar-refractivity contribution in [2.45, 2.75) is 77.8 Å². The maximum atomic E-state index is 11.9. The molecule has 0 saturated heterocycles. The molecule has 39 heavy (non-hydrogen) atoms. The number of nitrogens with two attached hydrogens (primary N) is 1. The first-order valence-corrected chi connectivity index (χ1v) is 13.3. The van der Waals surface area contributed by atoms with Crippen LogP contribution in [0.5, 0.6) is 0 Å². The third-order valence-electron chi connectivity index (χ3n) is 5.38. The molecule has 1 amide bonds. The summed E-state index contributed by atoms with van der Waals surface area (Å²) in [7, 11) is 0. The summed E-state index contributed by atoms with van der Waals surface area (Å²) in [4.78, 5) is 45.2. The van der Waals surface area contributed by atoms with Gasteiger partial charge in [-0.2, -0.15) is 0 Å². The second-order valence-electron chi connectivity index (χ2n) is 8.62. The smallest absolute Gasteiger partial charge is 0.320 e. The number of nitrogens with one attached hydrogen (secondary N) is 2. The van der Waals surface area contributed by atoms with Crippen molar-refractivity contribution in [1.82, 2.24) is 10.6 Å². The summed E-state index contributed by atoms with van der Waals surface area (Å²) >= 11 is 0. The van der Waals surface area contributed by atoms with Gasteiger partial charge < -0.3 is 45.5 Å². The number of ketones is 1. The highest BCUT2D eigenvalue weighted by molar-refractivity contribution is 5.80. The molecule has 0 rings (SSSR count). The maximum Gasteiger partial charge on any atom is 0.320 e. The highest BCUT2D eigenvalue weighted by atomic mass is 16.6. The molecule has 13 nitrogen and oxygen atoms in total. The van der Waals surface area contributed by atoms with Crippen molar-refractivity contribution in [3.05, 3.63) is 0 Å². The summed E-state index contributed by atoms with van der Waals surface area (Å²) in [5.74, 6) is -2.04. The molecule has 0 aliphatic rings. The van der Waals surface area contributed by atoms with Crippen LogP contribution in [-0.4, -0.2) is 112 Å². The Kier molecular flexibility index (Phi) is 27.4. The number of aliphatic carboxylic acids is 2. The van der Waals surface area contributed by atoms with Gasteiger partial charge in [0, 0.05) is 32.4 Å². The Morgan fingerprint density at radius 1 is 0.718 bits per heavy atom. The Bertz CT molecular complexity index is 651. The van der Waals surface area contributed by atoms with Gasteiger partial charge in [0.1, 0.15) is 17.9 Å². The summed E-state index contributed by atoms with van der Waals surface area (Å²) < 4.78 is 21.6. The second kappa shape index (κ2) is 27.4. The first kappa shape index (κ1) is 39.0. The van der Waals surface area contributed by atoms with E-state index in [0.29, 0.717) is 97.9 Å². The van der Waals surface area contributed by atoms with E-state index in [1.807, 2.05) is 6.92 Å². The largest absolute Gasteiger partial charge is 0.480 e. The van der Waals surface area contributed by atoms with Crippen LogP contribution in [0.1, 0.15) is 65.7 Å². The van der Waals surface area contributed by atoms with Crippen LogP contribution in [0.15, 0.2) is 0 Å². The van der Waals surface area contributed by atoms with Crippen molar-refractivity contribution in [3.63, 3.8) is 0 Å². The van der Waals surface area contributed by atoms with Gasteiger partial charge in [-0.15, -0.1) is 0 Å². The first-order valence-electron chi connectivity index (χ1n) is 13.3. The van der Waals surface area contributed by atoms with Crippen molar-refractivity contribution in [3.8, 4) is 0 Å². The molecule has 6 N–H and O–H groups in total. The monoisotopic (exact) mass is 565 g/mol. The predicted octanol–water partition coefficient (Wildman–Crippen LogP) is 0.970. The number of rotatable bonds is 28. The van der Waals surface area contributed by atoms with Gasteiger partial charge in [0.25, 0.3) is 0 Å². The van der Waals surface area contributed by atoms with E-state index in [1.165, 1.54) is 0 Å². The lowest BCUT2D eigenvalue weighted by Gasteiger charge is -2.12. The van der Waals surface area contributed by atoms with E-state index in [4.69, 9.17) is 34.9 Å². The van der Waals surface area contributed by atoms with Crippen LogP contribution in [0.4, 0.5) is 0 Å². The van der Waals surface area contributed by atoms with Crippen molar-refractivity contribution in [1.29, 1.82) is 0 Å². The number of carboxylic acids is 2. The first-order chi connectivity index (χ1) is 18.3. The summed E-state index contributed by atoms with van der Waals surface area (Å²) in [6, 6.07) is -1.54. The zero-order chi connectivity index (χ0) is 28.4. The summed E-state index contributed by atoms with van der Waals surface area (Å²) in [5, 5.41) is 23.3. The molecule has 0 aliphatic carbocycles. The van der Waals surface area contributed by atoms with Crippen LogP contribution >= 0.6 is 0 Å². The third-order valence-corrected chi connectivity index (χ3v) is 5.38. The summed E-state index contributed by atoms with van der Waals surface area (Å²) in [6.45, 7) is 5.99. The van der Waals surface area contributed by atoms with Crippen LogP contribution in [0.3, 0.4) is 0 Å². The Balaban J connectivity index is 0. The van der Waals surface area contributed by atoms with E-state index >= 15 is 0 Å². The standard InChI is InChI=1S/C25H47N3O10.CH4/c1-2-27-22(25(33)34)9-8-20(29)6-5-12-35-14-16-37-18-19-38-17-15-36-13-10-23(30)28-11-4-3-7-21(26)24(31)32;/h21-22,27H,2-19,26H2,1H3,(H,28,30)(H,31,32)(H,33,34);1H4. The molecule has 0 bridgehead atoms. The minimum atomic E-state index is -1.01. The Hall–Kier alpha value is -2.16. The molecule has 0 aromatic heterocycles. The molecule has 0 aromatic rings. The van der Waals surface area contributed by atoms with Gasteiger partial charge in [-0.3, -0.25) is 19.2 Å². The fourth-order valence-corrected chi connectivity index (χ4v) is 3.22. The minimum Gasteiger partial charge on any atom is -0.480 e. The van der Waals surface area contributed by atoms with Gasteiger partial charge in [0.15, 0.2) is 0 Å². The molecule has 0 aliphatic heterocycles. The molecule has 2 unspecified atom stereocenters. The zero-order valence-corrected chi connectivity index (χ0v) is 22.6. The van der Waals surface area contributed by atoms with Crippen molar-refractivity contribution in [2.24, 2.45) is 5.73 Å². The molecule has 2 atom stereocenters. The molecule has 230 valence electrons. The normalized spacial score (nSPS) is 12.4. The van der Waals surface area contributed by atoms with Crippen molar-refractivity contribution >= 4 is 23.6 Å². The fourth-order valence-electron chi connectivity index (χ4n) is 3.22. The van der Waals surface area contributed by atoms with Crippen LogP contribution in [0.2, 0.25) is 0 Å². The van der Waals surface area contributed by atoms with Gasteiger partial charge >= 0.3 is 11.9 Å². The van der Waals surface area contributed by atoms with Gasteiger partial charge in [0.2, 0.25) is 5.91 Å². The van der Waals surface area contributed by atoms with E-state index in [-0.39, 0.29) is 38.6 Å². The van der Waals surface area contributed by atoms with E-state index in [0.717, 1.165) is 0 Å². The number of unbranched alkanes of at least 4 members (excludes halogenated alkanes) is 1. The van der Waals surface area contributed by atoms with Crippen molar-refractivity contribution in [2.75, 3.05) is 65.9 Å². The number of hydrogen-bond acceptors (Lipinski definition) is 10. The van der Waals surface area contributed by atoms with Gasteiger partial charge in [-0.05, 0) is 38.6 Å². The van der Waals surface area contributed by atoms with Gasteiger partial charge in [-0.1, -0.05) is 14.4 Å². The van der Waals surface area contributed by atoms with E-state index in [9.17, 15) is 19.2 Å². The Morgan fingerprint density at radius 3 is 1.82 bits per heavy atom. The summed E-state index contributed by atoms with van der Waals surface area (Å²) in [6.07, 6.45) is 3.42. The van der Waals surface area contributed by atoms with E-state index in [1.54, 1.807) is 0 Å². The molecule has 0 heterocycles. The lowest BCUT2D eigenvalue weighted by molar-refractivity contribution is -0.140. The van der Waals surface area contributed by atoms with Crippen LogP contribution < -0.4 is 16.4 Å². The van der Waals surface area contributed by atoms with Crippen LogP contribution in [0, 0.1) is 0 Å². The lowest BCUT2D eigenvalue weighted by Crippen LogP contribution is -2.36. The fraction of sp³-hybridized carbons (Fsp3) is 0.846. The SMILES string of the molecule is C.CCNC(CCC(=O)CCCOCCOCCOCCOCCC(=O)NCCCCC(N)C(=O)O)C(=O)O. The Labute approximate surface area is 232 Å². The predicted molar refractivity (Wildman–Crippen MR) is 146 cm³/mol. The topological polar surface area (TPSA) is 196 Å². The number of carbonyl (C=O) groups excluding carboxylic acids is 2. The molecular weight excluding hydrogens is 514 g/mol. The number of likely N-dealkylation sites (N-methyl/N-ethyl adjacent to an activating group) is 1. The third kappa shape index (κ3) is 25.9. The number of Topliss-reactive ketones (excluding diaryl/α,β-unsaturated/α-hetero) is 1. The lowest BCUT2D eigenvalue weighted by atomic mass is 10.1. The average molecular weight is 566 g/mol. The second-order valence-corrected chi connectivity index (χ2v) is 8.62. The molecule has 13 heteroatoms. The van der Waals surface area contributed by atoms with Crippen LogP contribution in [0.25, 0.3) is 0 Å². The molecule has 0 fully saturated rings. The molecule has 0 radical (unpaired) electrons. The highest BCUT2D eigenvalue weighted by Crippen LogP contribution is 2.03. The molecule has 0 saturated carbocycles. The number of carbonyl (C=O) groups is 4. The van der Waals surface area contributed by atoms with Crippen LogP contribution in [-0.2, 0) is 38.1 Å². The maximum absolute atomic E-state index is 11.9. The number of amides is 1. The highest BCUT2D eigenvalue weighted by Gasteiger charge is 2.17. The molecular formula is C26H51N3O10. The number of hydrogen-bond donors (Lipinski definition) is 5.